The number of anilines is 1. The van der Waals surface area contributed by atoms with Gasteiger partial charge < -0.3 is 10.6 Å². The standard InChI is InChI=1S/C13H14N4O/c1-17(9-10-4-2-3-6-16-10)13(18)11-5-7-15-8-12(11)14/h2-8H,9,14H2,1H3. The largest absolute Gasteiger partial charge is 0.397 e. The first-order chi connectivity index (χ1) is 8.68. The molecule has 2 aromatic rings. The lowest BCUT2D eigenvalue weighted by atomic mass is 10.2. The first-order valence-electron chi connectivity index (χ1n) is 5.53. The van der Waals surface area contributed by atoms with Gasteiger partial charge in [-0.25, -0.2) is 0 Å². The molecule has 2 heterocycles. The molecule has 0 atom stereocenters. The molecule has 5 nitrogen and oxygen atoms in total. The molecule has 2 aromatic heterocycles. The van der Waals surface area contributed by atoms with Gasteiger partial charge in [0, 0.05) is 19.4 Å². The van der Waals surface area contributed by atoms with Crippen LogP contribution in [0.3, 0.4) is 0 Å². The van der Waals surface area contributed by atoms with Gasteiger partial charge in [0.15, 0.2) is 0 Å². The summed E-state index contributed by atoms with van der Waals surface area (Å²) >= 11 is 0. The number of carbonyl (C=O) groups excluding carboxylic acids is 1. The molecule has 2 N–H and O–H groups in total. The third-order valence-corrected chi connectivity index (χ3v) is 2.55. The van der Waals surface area contributed by atoms with Gasteiger partial charge in [0.25, 0.3) is 5.91 Å². The Morgan fingerprint density at radius 1 is 1.33 bits per heavy atom. The van der Waals surface area contributed by atoms with Gasteiger partial charge in [-0.15, -0.1) is 0 Å². The summed E-state index contributed by atoms with van der Waals surface area (Å²) in [5.41, 5.74) is 7.41. The molecular weight excluding hydrogens is 228 g/mol. The van der Waals surface area contributed by atoms with E-state index in [9.17, 15) is 4.79 Å². The van der Waals surface area contributed by atoms with E-state index in [0.29, 0.717) is 17.8 Å². The van der Waals surface area contributed by atoms with Gasteiger partial charge in [-0.3, -0.25) is 14.8 Å². The van der Waals surface area contributed by atoms with E-state index in [1.165, 1.54) is 6.20 Å². The molecule has 5 heteroatoms. The Morgan fingerprint density at radius 3 is 2.83 bits per heavy atom. The summed E-state index contributed by atoms with van der Waals surface area (Å²) in [5.74, 6) is -0.138. The zero-order chi connectivity index (χ0) is 13.0. The van der Waals surface area contributed by atoms with Crippen LogP contribution in [0.4, 0.5) is 5.69 Å². The lowest BCUT2D eigenvalue weighted by molar-refractivity contribution is 0.0784. The van der Waals surface area contributed by atoms with Crippen molar-refractivity contribution in [1.82, 2.24) is 14.9 Å². The predicted molar refractivity (Wildman–Crippen MR) is 68.7 cm³/mol. The quantitative estimate of drug-likeness (QED) is 0.881. The summed E-state index contributed by atoms with van der Waals surface area (Å²) in [6.45, 7) is 0.446. The van der Waals surface area contributed by atoms with E-state index in [-0.39, 0.29) is 5.91 Å². The smallest absolute Gasteiger partial charge is 0.256 e. The summed E-state index contributed by atoms with van der Waals surface area (Å²) in [6.07, 6.45) is 4.73. The fraction of sp³-hybridized carbons (Fsp3) is 0.154. The van der Waals surface area contributed by atoms with Crippen molar-refractivity contribution in [1.29, 1.82) is 0 Å². The number of aromatic nitrogens is 2. The van der Waals surface area contributed by atoms with Crippen molar-refractivity contribution in [2.45, 2.75) is 6.54 Å². The zero-order valence-corrected chi connectivity index (χ0v) is 10.1. The van der Waals surface area contributed by atoms with Gasteiger partial charge in [0.1, 0.15) is 0 Å². The summed E-state index contributed by atoms with van der Waals surface area (Å²) in [6, 6.07) is 7.22. The van der Waals surface area contributed by atoms with Crippen molar-refractivity contribution >= 4 is 11.6 Å². The van der Waals surface area contributed by atoms with Crippen molar-refractivity contribution in [3.63, 3.8) is 0 Å². The van der Waals surface area contributed by atoms with Crippen LogP contribution in [0.5, 0.6) is 0 Å². The number of rotatable bonds is 3. The number of nitrogens with zero attached hydrogens (tertiary/aromatic N) is 3. The fourth-order valence-corrected chi connectivity index (χ4v) is 1.61. The van der Waals surface area contributed by atoms with Crippen LogP contribution in [0.15, 0.2) is 42.9 Å². The Labute approximate surface area is 105 Å². The first-order valence-corrected chi connectivity index (χ1v) is 5.53. The van der Waals surface area contributed by atoms with Crippen LogP contribution in [0.1, 0.15) is 16.1 Å². The second-order valence-electron chi connectivity index (χ2n) is 3.95. The van der Waals surface area contributed by atoms with E-state index >= 15 is 0 Å². The highest BCUT2D eigenvalue weighted by Crippen LogP contribution is 2.12. The monoisotopic (exact) mass is 242 g/mol. The van der Waals surface area contributed by atoms with Crippen molar-refractivity contribution in [2.24, 2.45) is 0 Å². The predicted octanol–water partition coefficient (Wildman–Crippen LogP) is 1.33. The van der Waals surface area contributed by atoms with Crippen molar-refractivity contribution in [2.75, 3.05) is 12.8 Å². The Bertz CT molecular complexity index is 542. The van der Waals surface area contributed by atoms with Gasteiger partial charge in [0.05, 0.1) is 29.7 Å². The number of hydrogen-bond acceptors (Lipinski definition) is 4. The maximum Gasteiger partial charge on any atom is 0.256 e. The maximum absolute atomic E-state index is 12.2. The number of carbonyl (C=O) groups is 1. The summed E-state index contributed by atoms with van der Waals surface area (Å²) in [5, 5.41) is 0. The maximum atomic E-state index is 12.2. The molecule has 0 aliphatic carbocycles. The number of pyridine rings is 2. The Balaban J connectivity index is 2.13. The van der Waals surface area contributed by atoms with E-state index in [2.05, 4.69) is 9.97 Å². The SMILES string of the molecule is CN(Cc1ccccn1)C(=O)c1ccncc1N. The van der Waals surface area contributed by atoms with Crippen LogP contribution in [0, 0.1) is 0 Å². The van der Waals surface area contributed by atoms with Gasteiger partial charge in [-0.05, 0) is 18.2 Å². The number of nitrogen functional groups attached to an aromatic ring is 1. The lowest BCUT2D eigenvalue weighted by Gasteiger charge is -2.17. The lowest BCUT2D eigenvalue weighted by Crippen LogP contribution is -2.27. The Kier molecular flexibility index (Phi) is 3.52. The average molecular weight is 242 g/mol. The number of nitrogens with two attached hydrogens (primary N) is 1. The Morgan fingerprint density at radius 2 is 2.17 bits per heavy atom. The van der Waals surface area contributed by atoms with Crippen LogP contribution < -0.4 is 5.73 Å². The highest BCUT2D eigenvalue weighted by atomic mass is 16.2. The van der Waals surface area contributed by atoms with Gasteiger partial charge >= 0.3 is 0 Å². The molecule has 0 aliphatic heterocycles. The third kappa shape index (κ3) is 2.63. The van der Waals surface area contributed by atoms with Crippen LogP contribution in [-0.4, -0.2) is 27.8 Å². The normalized spacial score (nSPS) is 10.1. The van der Waals surface area contributed by atoms with Crippen LogP contribution in [0.2, 0.25) is 0 Å². The highest BCUT2D eigenvalue weighted by Gasteiger charge is 2.14. The molecule has 2 rings (SSSR count). The molecule has 1 amide bonds. The molecule has 0 bridgehead atoms. The topological polar surface area (TPSA) is 72.1 Å². The molecule has 92 valence electrons. The van der Waals surface area contributed by atoms with E-state index < -0.39 is 0 Å². The molecule has 0 spiro atoms. The number of hydrogen-bond donors (Lipinski definition) is 1. The third-order valence-electron chi connectivity index (χ3n) is 2.55. The zero-order valence-electron chi connectivity index (χ0n) is 10.1. The van der Waals surface area contributed by atoms with E-state index in [1.54, 1.807) is 30.4 Å². The molecule has 0 aliphatic rings. The second kappa shape index (κ2) is 5.27. The highest BCUT2D eigenvalue weighted by molar-refractivity contribution is 5.98. The molecule has 18 heavy (non-hydrogen) atoms. The summed E-state index contributed by atoms with van der Waals surface area (Å²) in [4.78, 5) is 21.8. The molecule has 0 radical (unpaired) electrons. The molecule has 0 saturated carbocycles. The van der Waals surface area contributed by atoms with Crippen LogP contribution >= 0.6 is 0 Å². The van der Waals surface area contributed by atoms with Crippen molar-refractivity contribution in [3.05, 3.63) is 54.1 Å². The van der Waals surface area contributed by atoms with Gasteiger partial charge in [-0.2, -0.15) is 0 Å². The molecule has 0 fully saturated rings. The van der Waals surface area contributed by atoms with E-state index in [1.807, 2.05) is 18.2 Å². The second-order valence-corrected chi connectivity index (χ2v) is 3.95. The van der Waals surface area contributed by atoms with Crippen molar-refractivity contribution < 1.29 is 4.79 Å². The summed E-state index contributed by atoms with van der Waals surface area (Å²) in [7, 11) is 1.72. The van der Waals surface area contributed by atoms with E-state index in [4.69, 9.17) is 5.73 Å². The van der Waals surface area contributed by atoms with Gasteiger partial charge in [-0.1, -0.05) is 6.07 Å². The van der Waals surface area contributed by atoms with Crippen molar-refractivity contribution in [3.8, 4) is 0 Å². The fourth-order valence-electron chi connectivity index (χ4n) is 1.61. The van der Waals surface area contributed by atoms with Gasteiger partial charge in [0.2, 0.25) is 0 Å². The summed E-state index contributed by atoms with van der Waals surface area (Å²) < 4.78 is 0. The number of amides is 1. The molecule has 0 aromatic carbocycles. The van der Waals surface area contributed by atoms with Crippen LogP contribution in [-0.2, 0) is 6.54 Å². The minimum absolute atomic E-state index is 0.138. The minimum atomic E-state index is -0.138. The minimum Gasteiger partial charge on any atom is -0.397 e. The molecule has 0 saturated heterocycles. The van der Waals surface area contributed by atoms with E-state index in [0.717, 1.165) is 5.69 Å². The average Bonchev–Trinajstić information content (AvgIpc) is 2.39. The Hall–Kier alpha value is -2.43. The van der Waals surface area contributed by atoms with Crippen LogP contribution in [0.25, 0.3) is 0 Å². The molecule has 0 unspecified atom stereocenters. The molecular formula is C13H14N4O. The first kappa shape index (κ1) is 12.0.